The number of ketones is 1. The number of carbonyl (C=O) groups excluding carboxylic acids is 2. The van der Waals surface area contributed by atoms with E-state index in [9.17, 15) is 30.0 Å². The molecule has 3 aliphatic rings. The monoisotopic (exact) mass is 731 g/mol. The van der Waals surface area contributed by atoms with Gasteiger partial charge in [-0.05, 0) is 80.6 Å². The van der Waals surface area contributed by atoms with E-state index in [0.29, 0.717) is 6.42 Å². The molecule has 0 spiro atoms. The molecule has 0 unspecified atom stereocenters. The average molecular weight is 732 g/mol. The minimum atomic E-state index is -1.98. The molecule has 0 saturated carbocycles. The molecule has 3 aliphatic heterocycles. The SMILES string of the molecule is CC[C@H]1OC(=O)[C@H](C)[C@@H](O[C@H]2C[C@@](C)(OC)[C@@H](O)[C@H](C)O2)[C@H](C)[C@@H](O[C@@H]2O[C@H](C)C[C@H](N(C)C)[C@@H]2O)[C@](C)(OC)/C=C/C(=O)[C@H](C)[C@@H](O)[C@]1(C)O. The maximum absolute atomic E-state index is 14.1. The van der Waals surface area contributed by atoms with Gasteiger partial charge >= 0.3 is 5.97 Å². The highest BCUT2D eigenvalue weighted by Crippen LogP contribution is 2.40. The lowest BCUT2D eigenvalue weighted by Gasteiger charge is -2.48. The molecule has 4 N–H and O–H groups in total. The van der Waals surface area contributed by atoms with Gasteiger partial charge in [0.05, 0.1) is 42.0 Å². The van der Waals surface area contributed by atoms with Gasteiger partial charge in [-0.2, -0.15) is 0 Å². The van der Waals surface area contributed by atoms with Crippen molar-refractivity contribution in [2.24, 2.45) is 17.8 Å². The van der Waals surface area contributed by atoms with Crippen molar-refractivity contribution in [3.05, 3.63) is 12.2 Å². The lowest BCUT2D eigenvalue weighted by Crippen LogP contribution is -2.60. The quantitative estimate of drug-likeness (QED) is 0.266. The first kappa shape index (κ1) is 43.8. The van der Waals surface area contributed by atoms with Gasteiger partial charge in [0.25, 0.3) is 0 Å². The zero-order valence-corrected chi connectivity index (χ0v) is 32.8. The molecule has 2 fully saturated rings. The molecule has 2 saturated heterocycles. The number of carbonyl (C=O) groups is 2. The molecule has 14 heteroatoms. The highest BCUT2D eigenvalue weighted by molar-refractivity contribution is 5.92. The molecule has 0 aliphatic carbocycles. The molecular weight excluding hydrogens is 666 g/mol. The third-order valence-corrected chi connectivity index (χ3v) is 11.6. The number of allylic oxidation sites excluding steroid dienone is 1. The van der Waals surface area contributed by atoms with E-state index in [1.165, 1.54) is 40.2 Å². The van der Waals surface area contributed by atoms with Crippen LogP contribution in [0.5, 0.6) is 0 Å². The minimum absolute atomic E-state index is 0.115. The van der Waals surface area contributed by atoms with E-state index < -0.39 is 102 Å². The van der Waals surface area contributed by atoms with Crippen LogP contribution in [0.2, 0.25) is 0 Å². The smallest absolute Gasteiger partial charge is 0.311 e. The number of ether oxygens (including phenoxy) is 7. The highest BCUT2D eigenvalue weighted by atomic mass is 16.7. The first-order chi connectivity index (χ1) is 23.6. The summed E-state index contributed by atoms with van der Waals surface area (Å²) in [6.07, 6.45) is -6.29. The molecule has 51 heavy (non-hydrogen) atoms. The normalized spacial score (nSPS) is 48.6. The second-order valence-corrected chi connectivity index (χ2v) is 15.7. The van der Waals surface area contributed by atoms with Crippen molar-refractivity contribution in [3.8, 4) is 0 Å². The van der Waals surface area contributed by atoms with E-state index in [0.717, 1.165) is 0 Å². The number of likely N-dealkylation sites (N-methyl/N-ethyl adjacent to an activating group) is 1. The lowest BCUT2D eigenvalue weighted by molar-refractivity contribution is -0.315. The summed E-state index contributed by atoms with van der Waals surface area (Å²) in [5, 5.41) is 45.2. The van der Waals surface area contributed by atoms with Crippen molar-refractivity contribution in [2.75, 3.05) is 28.3 Å². The van der Waals surface area contributed by atoms with Crippen LogP contribution >= 0.6 is 0 Å². The Kier molecular flexibility index (Phi) is 14.9. The molecule has 0 bridgehead atoms. The number of methoxy groups -OCH3 is 2. The summed E-state index contributed by atoms with van der Waals surface area (Å²) in [6.45, 7) is 15.0. The Morgan fingerprint density at radius 3 is 2.10 bits per heavy atom. The number of hydrogen-bond acceptors (Lipinski definition) is 14. The van der Waals surface area contributed by atoms with Crippen LogP contribution in [-0.4, -0.2) is 150 Å². The van der Waals surface area contributed by atoms with E-state index >= 15 is 0 Å². The molecule has 0 aromatic heterocycles. The van der Waals surface area contributed by atoms with Gasteiger partial charge in [-0.15, -0.1) is 0 Å². The summed E-state index contributed by atoms with van der Waals surface area (Å²) >= 11 is 0. The molecule has 0 radical (unpaired) electrons. The van der Waals surface area contributed by atoms with Crippen molar-refractivity contribution in [3.63, 3.8) is 0 Å². The molecule has 17 atom stereocenters. The summed E-state index contributed by atoms with van der Waals surface area (Å²) in [7, 11) is 6.67. The standard InChI is InChI=1S/C37H65NO13/c1-14-26-37(9,44)30(41)20(3)25(39)15-16-35(7,45-12)32(51-34-28(40)24(38(10)11)17-19(2)47-34)21(4)29(22(5)33(43)49-26)50-27-18-36(8,46-13)31(42)23(6)48-27/h15-16,19-24,26-32,34,40-42,44H,14,17-18H2,1-13H3/b16-15+/t19-,20+,21+,22-,23+,24+,26-,27+,28+,29+,30-,31+,32-,34+,35-,36-,37-/m1/s1. The number of aliphatic hydroxyl groups excluding tert-OH is 3. The van der Waals surface area contributed by atoms with Gasteiger partial charge < -0.3 is 58.5 Å². The van der Waals surface area contributed by atoms with E-state index in [1.807, 2.05) is 25.9 Å². The van der Waals surface area contributed by atoms with E-state index in [4.69, 9.17) is 33.2 Å². The molecule has 0 aromatic rings. The van der Waals surface area contributed by atoms with Gasteiger partial charge in [-0.3, -0.25) is 9.59 Å². The van der Waals surface area contributed by atoms with E-state index in [2.05, 4.69) is 0 Å². The first-order valence-corrected chi connectivity index (χ1v) is 18.2. The van der Waals surface area contributed by atoms with Crippen LogP contribution in [-0.2, 0) is 42.7 Å². The Balaban J connectivity index is 2.22. The fourth-order valence-electron chi connectivity index (χ4n) is 7.75. The third kappa shape index (κ3) is 9.40. The van der Waals surface area contributed by atoms with Gasteiger partial charge in [0, 0.05) is 38.5 Å². The van der Waals surface area contributed by atoms with Crippen molar-refractivity contribution >= 4 is 11.8 Å². The Morgan fingerprint density at radius 1 is 0.922 bits per heavy atom. The van der Waals surface area contributed by atoms with Gasteiger partial charge in [-0.25, -0.2) is 0 Å². The van der Waals surface area contributed by atoms with Crippen molar-refractivity contribution in [2.45, 2.75) is 166 Å². The topological polar surface area (TPSA) is 183 Å². The predicted molar refractivity (Wildman–Crippen MR) is 186 cm³/mol. The van der Waals surface area contributed by atoms with Crippen LogP contribution in [0.15, 0.2) is 12.2 Å². The Bertz CT molecular complexity index is 1200. The van der Waals surface area contributed by atoms with Gasteiger partial charge in [0.2, 0.25) is 0 Å². The average Bonchev–Trinajstić information content (AvgIpc) is 3.08. The Hall–Kier alpha value is -1.56. The summed E-state index contributed by atoms with van der Waals surface area (Å²) in [6, 6.07) is -0.296. The van der Waals surface area contributed by atoms with Gasteiger partial charge in [-0.1, -0.05) is 20.8 Å². The van der Waals surface area contributed by atoms with E-state index in [1.54, 1.807) is 41.5 Å². The van der Waals surface area contributed by atoms with Crippen molar-refractivity contribution in [1.82, 2.24) is 4.90 Å². The molecular formula is C37H65NO13. The zero-order valence-electron chi connectivity index (χ0n) is 32.8. The largest absolute Gasteiger partial charge is 0.459 e. The highest BCUT2D eigenvalue weighted by Gasteiger charge is 2.52. The van der Waals surface area contributed by atoms with Gasteiger partial charge in [0.15, 0.2) is 18.4 Å². The summed E-state index contributed by atoms with van der Waals surface area (Å²) in [5.74, 6) is -4.10. The second kappa shape index (κ2) is 17.3. The molecule has 0 amide bonds. The third-order valence-electron chi connectivity index (χ3n) is 11.6. The number of aliphatic hydroxyl groups is 4. The summed E-state index contributed by atoms with van der Waals surface area (Å²) in [4.78, 5) is 29.6. The van der Waals surface area contributed by atoms with Crippen molar-refractivity contribution < 1.29 is 63.2 Å². The van der Waals surface area contributed by atoms with Crippen LogP contribution in [0.3, 0.4) is 0 Å². The number of esters is 1. The number of nitrogens with zero attached hydrogens (tertiary/aromatic N) is 1. The van der Waals surface area contributed by atoms with Crippen LogP contribution in [0, 0.1) is 17.8 Å². The van der Waals surface area contributed by atoms with Crippen molar-refractivity contribution in [1.29, 1.82) is 0 Å². The maximum Gasteiger partial charge on any atom is 0.311 e. The second-order valence-electron chi connectivity index (χ2n) is 15.7. The number of cyclic esters (lactones) is 1. The lowest BCUT2D eigenvalue weighted by atomic mass is 9.79. The first-order valence-electron chi connectivity index (χ1n) is 18.2. The van der Waals surface area contributed by atoms with Crippen LogP contribution in [0.25, 0.3) is 0 Å². The molecule has 0 aromatic carbocycles. The molecule has 14 nitrogen and oxygen atoms in total. The fourth-order valence-corrected chi connectivity index (χ4v) is 7.75. The molecule has 3 heterocycles. The summed E-state index contributed by atoms with van der Waals surface area (Å²) in [5.41, 5.74) is -4.42. The summed E-state index contributed by atoms with van der Waals surface area (Å²) < 4.78 is 43.4. The van der Waals surface area contributed by atoms with Gasteiger partial charge in [0.1, 0.15) is 29.5 Å². The van der Waals surface area contributed by atoms with E-state index in [-0.39, 0.29) is 25.0 Å². The van der Waals surface area contributed by atoms with Crippen LogP contribution in [0.1, 0.15) is 81.6 Å². The molecule has 3 rings (SSSR count). The van der Waals surface area contributed by atoms with Crippen LogP contribution in [0.4, 0.5) is 0 Å². The Morgan fingerprint density at radius 2 is 1.55 bits per heavy atom. The minimum Gasteiger partial charge on any atom is -0.459 e. The predicted octanol–water partition coefficient (Wildman–Crippen LogP) is 1.97. The fraction of sp³-hybridized carbons (Fsp3) is 0.892. The molecule has 296 valence electrons. The maximum atomic E-state index is 14.1. The zero-order chi connectivity index (χ0) is 38.8. The Labute approximate surface area is 303 Å². The van der Waals surface area contributed by atoms with Crippen LogP contribution < -0.4 is 0 Å². The number of hydrogen-bond donors (Lipinski definition) is 4. The number of rotatable bonds is 8.